The predicted octanol–water partition coefficient (Wildman–Crippen LogP) is 3.39. The molecule has 2 unspecified atom stereocenters. The van der Waals surface area contributed by atoms with Crippen molar-refractivity contribution in [1.29, 1.82) is 0 Å². The van der Waals surface area contributed by atoms with E-state index in [4.69, 9.17) is 5.84 Å². The zero-order chi connectivity index (χ0) is 12.0. The quantitative estimate of drug-likeness (QED) is 0.436. The van der Waals surface area contributed by atoms with Gasteiger partial charge < -0.3 is 0 Å². The van der Waals surface area contributed by atoms with Gasteiger partial charge in [0.1, 0.15) is 0 Å². The molecule has 0 aromatic carbocycles. The summed E-state index contributed by atoms with van der Waals surface area (Å²) in [5.74, 6) is 7.02. The first-order valence-electron chi connectivity index (χ1n) is 6.82. The molecule has 0 heterocycles. The second-order valence-corrected chi connectivity index (χ2v) is 5.48. The number of hydrogen-bond acceptors (Lipinski definition) is 2. The van der Waals surface area contributed by atoms with Crippen LogP contribution in [-0.2, 0) is 0 Å². The second-order valence-electron chi connectivity index (χ2n) is 5.48. The van der Waals surface area contributed by atoms with Gasteiger partial charge in [-0.3, -0.25) is 11.3 Å². The van der Waals surface area contributed by atoms with Crippen LogP contribution in [0.1, 0.15) is 59.3 Å². The van der Waals surface area contributed by atoms with E-state index < -0.39 is 0 Å². The Morgan fingerprint density at radius 2 is 1.81 bits per heavy atom. The number of hydrazine groups is 1. The van der Waals surface area contributed by atoms with Gasteiger partial charge in [-0.2, -0.15) is 0 Å². The van der Waals surface area contributed by atoms with Gasteiger partial charge in [-0.05, 0) is 37.5 Å². The fourth-order valence-corrected chi connectivity index (χ4v) is 2.48. The molecule has 0 saturated heterocycles. The summed E-state index contributed by atoms with van der Waals surface area (Å²) >= 11 is 0. The lowest BCUT2D eigenvalue weighted by Gasteiger charge is -2.29. The lowest BCUT2D eigenvalue weighted by Crippen LogP contribution is -2.43. The van der Waals surface area contributed by atoms with Gasteiger partial charge >= 0.3 is 0 Å². The van der Waals surface area contributed by atoms with Crippen molar-refractivity contribution in [2.24, 2.45) is 17.7 Å². The van der Waals surface area contributed by atoms with Gasteiger partial charge in [-0.15, -0.1) is 0 Å². The summed E-state index contributed by atoms with van der Waals surface area (Å²) in [7, 11) is 0. The van der Waals surface area contributed by atoms with Gasteiger partial charge in [-0.1, -0.05) is 45.3 Å². The highest BCUT2D eigenvalue weighted by molar-refractivity contribution is 5.13. The van der Waals surface area contributed by atoms with Crippen molar-refractivity contribution in [3.8, 4) is 0 Å². The van der Waals surface area contributed by atoms with Crippen molar-refractivity contribution in [3.63, 3.8) is 0 Å². The van der Waals surface area contributed by atoms with E-state index in [0.717, 1.165) is 0 Å². The molecule has 1 rings (SSSR count). The van der Waals surface area contributed by atoms with Gasteiger partial charge in [-0.25, -0.2) is 0 Å². The topological polar surface area (TPSA) is 38.0 Å². The fraction of sp³-hybridized carbons (Fsp3) is 0.857. The second kappa shape index (κ2) is 7.08. The molecule has 0 aromatic heterocycles. The maximum absolute atomic E-state index is 5.74. The minimum absolute atomic E-state index is 0.373. The molecule has 3 N–H and O–H groups in total. The fourth-order valence-electron chi connectivity index (χ4n) is 2.48. The summed E-state index contributed by atoms with van der Waals surface area (Å²) < 4.78 is 0. The lowest BCUT2D eigenvalue weighted by atomic mass is 9.83. The number of nitrogens with one attached hydrogen (secondary N) is 1. The molecule has 16 heavy (non-hydrogen) atoms. The molecular formula is C14H28N2. The average Bonchev–Trinajstić information content (AvgIpc) is 2.21. The Balaban J connectivity index is 2.68. The van der Waals surface area contributed by atoms with Crippen LogP contribution in [0.25, 0.3) is 0 Å². The van der Waals surface area contributed by atoms with Gasteiger partial charge in [0.2, 0.25) is 0 Å². The van der Waals surface area contributed by atoms with Crippen molar-refractivity contribution in [1.82, 2.24) is 5.43 Å². The van der Waals surface area contributed by atoms with Crippen LogP contribution in [0.4, 0.5) is 0 Å². The highest BCUT2D eigenvalue weighted by Crippen LogP contribution is 2.26. The van der Waals surface area contributed by atoms with E-state index in [1.807, 2.05) is 0 Å². The van der Waals surface area contributed by atoms with Crippen molar-refractivity contribution < 1.29 is 0 Å². The maximum atomic E-state index is 5.74. The van der Waals surface area contributed by atoms with Crippen molar-refractivity contribution in [2.45, 2.75) is 65.3 Å². The van der Waals surface area contributed by atoms with E-state index in [9.17, 15) is 0 Å². The number of allylic oxidation sites excluding steroid dienone is 1. The minimum Gasteiger partial charge on any atom is -0.271 e. The Labute approximate surface area is 101 Å². The SMILES string of the molecule is CC(C)C(C)C(NN)C1=CCCCCCC1. The molecule has 0 aromatic rings. The molecule has 94 valence electrons. The summed E-state index contributed by atoms with van der Waals surface area (Å²) in [5.41, 5.74) is 4.58. The Hall–Kier alpha value is -0.340. The summed E-state index contributed by atoms with van der Waals surface area (Å²) in [6.45, 7) is 6.85. The van der Waals surface area contributed by atoms with Crippen LogP contribution >= 0.6 is 0 Å². The van der Waals surface area contributed by atoms with Gasteiger partial charge in [0, 0.05) is 6.04 Å². The lowest BCUT2D eigenvalue weighted by molar-refractivity contribution is 0.323. The molecule has 0 fully saturated rings. The molecule has 1 aliphatic carbocycles. The third-order valence-electron chi connectivity index (χ3n) is 3.98. The third-order valence-corrected chi connectivity index (χ3v) is 3.98. The van der Waals surface area contributed by atoms with Gasteiger partial charge in [0.25, 0.3) is 0 Å². The Kier molecular flexibility index (Phi) is 6.07. The first-order chi connectivity index (χ1) is 7.66. The largest absolute Gasteiger partial charge is 0.271 e. The van der Waals surface area contributed by atoms with Crippen molar-refractivity contribution >= 4 is 0 Å². The predicted molar refractivity (Wildman–Crippen MR) is 70.9 cm³/mol. The molecule has 0 radical (unpaired) electrons. The molecule has 2 atom stereocenters. The summed E-state index contributed by atoms with van der Waals surface area (Å²) in [4.78, 5) is 0. The normalized spacial score (nSPS) is 22.2. The molecular weight excluding hydrogens is 196 g/mol. The summed E-state index contributed by atoms with van der Waals surface area (Å²) in [6, 6.07) is 0.373. The van der Waals surface area contributed by atoms with Crippen molar-refractivity contribution in [2.75, 3.05) is 0 Å². The molecule has 1 aliphatic rings. The maximum Gasteiger partial charge on any atom is 0.0447 e. The van der Waals surface area contributed by atoms with Crippen LogP contribution in [0.5, 0.6) is 0 Å². The summed E-state index contributed by atoms with van der Waals surface area (Å²) in [5, 5.41) is 0. The van der Waals surface area contributed by atoms with Crippen LogP contribution in [0, 0.1) is 11.8 Å². The van der Waals surface area contributed by atoms with E-state index >= 15 is 0 Å². The van der Waals surface area contributed by atoms with E-state index in [1.54, 1.807) is 5.57 Å². The standard InChI is InChI=1S/C14H28N2/c1-11(2)12(3)14(16-15)13-9-7-5-4-6-8-10-13/h9,11-12,14,16H,4-8,10,15H2,1-3H3. The van der Waals surface area contributed by atoms with Gasteiger partial charge in [0.15, 0.2) is 0 Å². The van der Waals surface area contributed by atoms with Crippen molar-refractivity contribution in [3.05, 3.63) is 11.6 Å². The Morgan fingerprint density at radius 1 is 1.12 bits per heavy atom. The van der Waals surface area contributed by atoms with Crippen LogP contribution in [0.15, 0.2) is 11.6 Å². The molecule has 2 heteroatoms. The first kappa shape index (κ1) is 13.7. The van der Waals surface area contributed by atoms with E-state index in [2.05, 4.69) is 32.3 Å². The molecule has 0 saturated carbocycles. The Morgan fingerprint density at radius 3 is 2.44 bits per heavy atom. The number of rotatable bonds is 4. The first-order valence-corrected chi connectivity index (χ1v) is 6.82. The third kappa shape index (κ3) is 3.91. The average molecular weight is 224 g/mol. The van der Waals surface area contributed by atoms with Crippen LogP contribution < -0.4 is 11.3 Å². The highest BCUT2D eigenvalue weighted by atomic mass is 15.2. The number of hydrogen-bond donors (Lipinski definition) is 2. The molecule has 0 amide bonds. The smallest absolute Gasteiger partial charge is 0.0447 e. The van der Waals surface area contributed by atoms with Gasteiger partial charge in [0.05, 0.1) is 0 Å². The zero-order valence-electron chi connectivity index (χ0n) is 11.1. The van der Waals surface area contributed by atoms with Crippen LogP contribution in [0.2, 0.25) is 0 Å². The summed E-state index contributed by atoms with van der Waals surface area (Å²) in [6.07, 6.45) is 10.3. The number of nitrogens with two attached hydrogens (primary N) is 1. The molecule has 2 nitrogen and oxygen atoms in total. The van der Waals surface area contributed by atoms with Crippen LogP contribution in [-0.4, -0.2) is 6.04 Å². The zero-order valence-corrected chi connectivity index (χ0v) is 11.1. The molecule has 0 bridgehead atoms. The van der Waals surface area contributed by atoms with E-state index in [0.29, 0.717) is 17.9 Å². The van der Waals surface area contributed by atoms with E-state index in [-0.39, 0.29) is 0 Å². The van der Waals surface area contributed by atoms with E-state index in [1.165, 1.54) is 38.5 Å². The Bertz CT molecular complexity index is 221. The minimum atomic E-state index is 0.373. The highest BCUT2D eigenvalue weighted by Gasteiger charge is 2.22. The molecule has 0 spiro atoms. The monoisotopic (exact) mass is 224 g/mol. The molecule has 0 aliphatic heterocycles. The van der Waals surface area contributed by atoms with Crippen LogP contribution in [0.3, 0.4) is 0 Å².